The van der Waals surface area contributed by atoms with Gasteiger partial charge < -0.3 is 9.15 Å². The third kappa shape index (κ3) is 3.00. The minimum atomic E-state index is -0.314. The third-order valence-corrected chi connectivity index (χ3v) is 4.15. The summed E-state index contributed by atoms with van der Waals surface area (Å²) >= 11 is 0. The Labute approximate surface area is 135 Å². The maximum atomic E-state index is 11.8. The molecule has 3 nitrogen and oxygen atoms in total. The van der Waals surface area contributed by atoms with E-state index < -0.39 is 0 Å². The molecule has 0 aliphatic heterocycles. The van der Waals surface area contributed by atoms with Crippen LogP contribution < -0.4 is 10.4 Å². The average Bonchev–Trinajstić information content (AvgIpc) is 2.57. The van der Waals surface area contributed by atoms with Crippen LogP contribution in [-0.2, 0) is 6.42 Å². The summed E-state index contributed by atoms with van der Waals surface area (Å²) in [4.78, 5) is 11.8. The van der Waals surface area contributed by atoms with Crippen LogP contribution in [0.3, 0.4) is 0 Å². The first kappa shape index (κ1) is 15.3. The van der Waals surface area contributed by atoms with E-state index in [9.17, 15) is 4.79 Å². The summed E-state index contributed by atoms with van der Waals surface area (Å²) in [5.41, 5.74) is 3.27. The highest BCUT2D eigenvalue weighted by Gasteiger charge is 2.14. The number of hydrogen-bond acceptors (Lipinski definition) is 3. The van der Waals surface area contributed by atoms with Gasteiger partial charge in [-0.2, -0.15) is 0 Å². The van der Waals surface area contributed by atoms with Gasteiger partial charge >= 0.3 is 5.63 Å². The standard InChI is InChI=1S/C20H20O3/c1-4-15-12-19(21)23-20-13(2)18(11-10-17(15)20)22-14(3)16-8-6-5-7-9-16/h5-12,14H,4H2,1-3H3. The molecule has 0 saturated heterocycles. The maximum Gasteiger partial charge on any atom is 0.336 e. The molecule has 1 aromatic heterocycles. The Hall–Kier alpha value is -2.55. The second-order valence-electron chi connectivity index (χ2n) is 5.68. The minimum Gasteiger partial charge on any atom is -0.486 e. The highest BCUT2D eigenvalue weighted by molar-refractivity contribution is 5.84. The van der Waals surface area contributed by atoms with E-state index in [0.717, 1.165) is 34.2 Å². The van der Waals surface area contributed by atoms with Crippen molar-refractivity contribution in [2.45, 2.75) is 33.3 Å². The van der Waals surface area contributed by atoms with E-state index in [4.69, 9.17) is 9.15 Å². The van der Waals surface area contributed by atoms with Gasteiger partial charge in [-0.25, -0.2) is 4.79 Å². The monoisotopic (exact) mass is 308 g/mol. The smallest absolute Gasteiger partial charge is 0.336 e. The number of aryl methyl sites for hydroxylation is 2. The molecule has 1 heterocycles. The van der Waals surface area contributed by atoms with Crippen molar-refractivity contribution >= 4 is 11.0 Å². The zero-order chi connectivity index (χ0) is 16.4. The van der Waals surface area contributed by atoms with E-state index in [1.165, 1.54) is 0 Å². The van der Waals surface area contributed by atoms with Gasteiger partial charge in [0.1, 0.15) is 17.4 Å². The van der Waals surface area contributed by atoms with E-state index in [1.54, 1.807) is 6.07 Å². The predicted molar refractivity (Wildman–Crippen MR) is 92.1 cm³/mol. The lowest BCUT2D eigenvalue weighted by molar-refractivity contribution is 0.225. The van der Waals surface area contributed by atoms with Gasteiger partial charge in [0.15, 0.2) is 0 Å². The normalized spacial score (nSPS) is 12.3. The Morgan fingerprint density at radius 3 is 2.57 bits per heavy atom. The molecule has 118 valence electrons. The number of benzene rings is 2. The number of fused-ring (bicyclic) bond motifs is 1. The number of hydrogen-bond donors (Lipinski definition) is 0. The summed E-state index contributed by atoms with van der Waals surface area (Å²) in [6.07, 6.45) is 0.718. The summed E-state index contributed by atoms with van der Waals surface area (Å²) in [6.45, 7) is 5.97. The zero-order valence-corrected chi connectivity index (χ0v) is 13.6. The van der Waals surface area contributed by atoms with Crippen molar-refractivity contribution < 1.29 is 9.15 Å². The first-order chi connectivity index (χ1) is 11.1. The molecule has 0 saturated carbocycles. The van der Waals surface area contributed by atoms with Crippen LogP contribution in [-0.4, -0.2) is 0 Å². The topological polar surface area (TPSA) is 39.4 Å². The van der Waals surface area contributed by atoms with E-state index >= 15 is 0 Å². The van der Waals surface area contributed by atoms with Crippen LogP contribution in [0.15, 0.2) is 57.7 Å². The van der Waals surface area contributed by atoms with Crippen molar-refractivity contribution in [1.29, 1.82) is 0 Å². The van der Waals surface area contributed by atoms with Crippen LogP contribution in [0.2, 0.25) is 0 Å². The molecule has 0 amide bonds. The van der Waals surface area contributed by atoms with E-state index in [2.05, 4.69) is 0 Å². The lowest BCUT2D eigenvalue weighted by atomic mass is 10.0. The molecule has 0 radical (unpaired) electrons. The van der Waals surface area contributed by atoms with Gasteiger partial charge in [-0.05, 0) is 43.5 Å². The third-order valence-electron chi connectivity index (χ3n) is 4.15. The lowest BCUT2D eigenvalue weighted by Crippen LogP contribution is -2.05. The molecule has 0 aliphatic rings. The van der Waals surface area contributed by atoms with Crippen molar-refractivity contribution in [1.82, 2.24) is 0 Å². The summed E-state index contributed by atoms with van der Waals surface area (Å²) in [7, 11) is 0. The molecule has 0 bridgehead atoms. The molecule has 0 aliphatic carbocycles. The molecule has 0 N–H and O–H groups in total. The highest BCUT2D eigenvalue weighted by atomic mass is 16.5. The summed E-state index contributed by atoms with van der Waals surface area (Å²) in [5, 5.41) is 0.976. The Morgan fingerprint density at radius 2 is 1.87 bits per heavy atom. The Bertz CT molecular complexity index is 879. The second-order valence-corrected chi connectivity index (χ2v) is 5.68. The van der Waals surface area contributed by atoms with Gasteiger partial charge in [0.25, 0.3) is 0 Å². The van der Waals surface area contributed by atoms with Gasteiger partial charge in [-0.15, -0.1) is 0 Å². The first-order valence-electron chi connectivity index (χ1n) is 7.88. The van der Waals surface area contributed by atoms with Crippen LogP contribution in [0.5, 0.6) is 5.75 Å². The molecule has 3 rings (SSSR count). The van der Waals surface area contributed by atoms with E-state index in [1.807, 2.05) is 63.2 Å². The Balaban J connectivity index is 2.03. The molecule has 0 spiro atoms. The van der Waals surface area contributed by atoms with E-state index in [0.29, 0.717) is 5.58 Å². The fraction of sp³-hybridized carbons (Fsp3) is 0.250. The van der Waals surface area contributed by atoms with Crippen molar-refractivity contribution in [3.05, 3.63) is 75.6 Å². The van der Waals surface area contributed by atoms with Crippen LogP contribution >= 0.6 is 0 Å². The zero-order valence-electron chi connectivity index (χ0n) is 13.6. The van der Waals surface area contributed by atoms with Crippen LogP contribution in [0.1, 0.15) is 36.6 Å². The van der Waals surface area contributed by atoms with Gasteiger partial charge in [0.2, 0.25) is 0 Å². The minimum absolute atomic E-state index is 0.0755. The fourth-order valence-corrected chi connectivity index (χ4v) is 2.81. The Kier molecular flexibility index (Phi) is 4.20. The number of ether oxygens (including phenoxy) is 1. The molecule has 0 fully saturated rings. The van der Waals surface area contributed by atoms with Crippen LogP contribution in [0.25, 0.3) is 11.0 Å². The molecule has 1 atom stereocenters. The maximum absolute atomic E-state index is 11.8. The van der Waals surface area contributed by atoms with Crippen molar-refractivity contribution in [2.24, 2.45) is 0 Å². The van der Waals surface area contributed by atoms with Crippen molar-refractivity contribution in [3.8, 4) is 5.75 Å². The van der Waals surface area contributed by atoms with Crippen LogP contribution in [0, 0.1) is 6.92 Å². The molecule has 2 aromatic carbocycles. The van der Waals surface area contributed by atoms with Gasteiger partial charge in [-0.1, -0.05) is 37.3 Å². The average molecular weight is 308 g/mol. The van der Waals surface area contributed by atoms with E-state index in [-0.39, 0.29) is 11.7 Å². The molecule has 3 aromatic rings. The summed E-state index contributed by atoms with van der Waals surface area (Å²) in [5.74, 6) is 0.741. The molecular weight excluding hydrogens is 288 g/mol. The Morgan fingerprint density at radius 1 is 1.13 bits per heavy atom. The first-order valence-corrected chi connectivity index (χ1v) is 7.88. The SMILES string of the molecule is CCc1cc(=O)oc2c(C)c(OC(C)c3ccccc3)ccc12. The van der Waals surface area contributed by atoms with Gasteiger partial charge in [0, 0.05) is 17.0 Å². The van der Waals surface area contributed by atoms with Gasteiger partial charge in [0.05, 0.1) is 0 Å². The molecule has 23 heavy (non-hydrogen) atoms. The predicted octanol–water partition coefficient (Wildman–Crippen LogP) is 4.80. The lowest BCUT2D eigenvalue weighted by Gasteiger charge is -2.17. The molecule has 3 heteroatoms. The van der Waals surface area contributed by atoms with Crippen molar-refractivity contribution in [3.63, 3.8) is 0 Å². The summed E-state index contributed by atoms with van der Waals surface area (Å²) in [6, 6.07) is 15.5. The quantitative estimate of drug-likeness (QED) is 0.650. The number of rotatable bonds is 4. The second kappa shape index (κ2) is 6.29. The fourth-order valence-electron chi connectivity index (χ4n) is 2.81. The highest BCUT2D eigenvalue weighted by Crippen LogP contribution is 2.31. The van der Waals surface area contributed by atoms with Gasteiger partial charge in [-0.3, -0.25) is 0 Å². The largest absolute Gasteiger partial charge is 0.486 e. The molecule has 1 unspecified atom stereocenters. The van der Waals surface area contributed by atoms with Crippen LogP contribution in [0.4, 0.5) is 0 Å². The summed E-state index contributed by atoms with van der Waals surface area (Å²) < 4.78 is 11.5. The van der Waals surface area contributed by atoms with Crippen molar-refractivity contribution in [2.75, 3.05) is 0 Å². The molecular formula is C20H20O3.